The molecule has 1 aliphatic rings. The van der Waals surface area contributed by atoms with Crippen LogP contribution in [0.2, 0.25) is 0 Å². The van der Waals surface area contributed by atoms with Crippen LogP contribution in [0.15, 0.2) is 30.3 Å². The zero-order valence-electron chi connectivity index (χ0n) is 9.92. The number of amides is 4. The first-order valence-electron chi connectivity index (χ1n) is 5.61. The minimum atomic E-state index is -0.494. The summed E-state index contributed by atoms with van der Waals surface area (Å²) in [6.07, 6.45) is 0. The van der Waals surface area contributed by atoms with E-state index in [1.165, 1.54) is 0 Å². The predicted molar refractivity (Wildman–Crippen MR) is 63.4 cm³/mol. The number of nitrogens with zero attached hydrogens (tertiary/aromatic N) is 2. The minimum Gasteiger partial charge on any atom is -0.272 e. The van der Waals surface area contributed by atoms with Gasteiger partial charge in [0.05, 0.1) is 0 Å². The lowest BCUT2D eigenvalue weighted by Crippen LogP contribution is -2.44. The first-order valence-corrected chi connectivity index (χ1v) is 5.61. The van der Waals surface area contributed by atoms with Crippen LogP contribution in [0.5, 0.6) is 0 Å². The number of hydrogen-bond acceptors (Lipinski definition) is 3. The summed E-state index contributed by atoms with van der Waals surface area (Å²) in [5.41, 5.74) is 2.86. The van der Waals surface area contributed by atoms with Crippen LogP contribution in [-0.4, -0.2) is 40.8 Å². The van der Waals surface area contributed by atoms with E-state index in [2.05, 4.69) is 5.43 Å². The van der Waals surface area contributed by atoms with E-state index >= 15 is 0 Å². The van der Waals surface area contributed by atoms with Gasteiger partial charge in [-0.05, 0) is 19.1 Å². The van der Waals surface area contributed by atoms with Crippen molar-refractivity contribution in [2.75, 3.05) is 13.1 Å². The number of rotatable bonds is 3. The number of likely N-dealkylation sites (N-methyl/N-ethyl adjacent to an activating group) is 1. The molecule has 6 heteroatoms. The normalized spacial score (nSPS) is 15.2. The molecule has 1 aromatic rings. The second-order valence-corrected chi connectivity index (χ2v) is 3.81. The lowest BCUT2D eigenvalue weighted by molar-refractivity contribution is -0.125. The van der Waals surface area contributed by atoms with Crippen molar-refractivity contribution < 1.29 is 14.4 Å². The van der Waals surface area contributed by atoms with Crippen LogP contribution in [0, 0.1) is 0 Å². The van der Waals surface area contributed by atoms with Crippen LogP contribution in [0.1, 0.15) is 17.3 Å². The van der Waals surface area contributed by atoms with Crippen LogP contribution in [-0.2, 0) is 4.79 Å². The van der Waals surface area contributed by atoms with Crippen molar-refractivity contribution in [2.45, 2.75) is 6.92 Å². The highest BCUT2D eigenvalue weighted by atomic mass is 16.2. The Morgan fingerprint density at radius 3 is 2.50 bits per heavy atom. The van der Waals surface area contributed by atoms with Crippen molar-refractivity contribution in [2.24, 2.45) is 0 Å². The zero-order chi connectivity index (χ0) is 13.1. The van der Waals surface area contributed by atoms with Gasteiger partial charge in [-0.15, -0.1) is 0 Å². The van der Waals surface area contributed by atoms with Gasteiger partial charge in [-0.25, -0.2) is 9.80 Å². The molecule has 0 radical (unpaired) electrons. The van der Waals surface area contributed by atoms with Crippen LogP contribution >= 0.6 is 0 Å². The third kappa shape index (κ3) is 2.17. The van der Waals surface area contributed by atoms with Gasteiger partial charge < -0.3 is 0 Å². The van der Waals surface area contributed by atoms with E-state index in [1.54, 1.807) is 37.3 Å². The topological polar surface area (TPSA) is 69.7 Å². The van der Waals surface area contributed by atoms with Crippen LogP contribution in [0.25, 0.3) is 0 Å². The lowest BCUT2D eigenvalue weighted by Gasteiger charge is -2.16. The van der Waals surface area contributed by atoms with E-state index in [0.29, 0.717) is 12.1 Å². The van der Waals surface area contributed by atoms with Gasteiger partial charge in [0.2, 0.25) is 0 Å². The number of urea groups is 1. The lowest BCUT2D eigenvalue weighted by atomic mass is 10.2. The van der Waals surface area contributed by atoms with Crippen LogP contribution < -0.4 is 5.43 Å². The number of nitrogens with one attached hydrogen (secondary N) is 1. The molecular weight excluding hydrogens is 234 g/mol. The van der Waals surface area contributed by atoms with Crippen LogP contribution in [0.3, 0.4) is 0 Å². The van der Waals surface area contributed by atoms with Gasteiger partial charge in [0.15, 0.2) is 0 Å². The number of benzene rings is 1. The third-order valence-electron chi connectivity index (χ3n) is 2.64. The third-order valence-corrected chi connectivity index (χ3v) is 2.64. The highest BCUT2D eigenvalue weighted by molar-refractivity contribution is 6.04. The number of imide groups is 1. The van der Waals surface area contributed by atoms with Crippen molar-refractivity contribution in [3.8, 4) is 0 Å². The SMILES string of the molecule is CCN1C(=O)CN(NC(=O)c2ccccc2)C1=O. The van der Waals surface area contributed by atoms with E-state index in [-0.39, 0.29) is 12.5 Å². The Kier molecular flexibility index (Phi) is 3.27. The maximum atomic E-state index is 11.8. The fourth-order valence-electron chi connectivity index (χ4n) is 1.72. The van der Waals surface area contributed by atoms with Crippen molar-refractivity contribution in [3.63, 3.8) is 0 Å². The summed E-state index contributed by atoms with van der Waals surface area (Å²) >= 11 is 0. The van der Waals surface area contributed by atoms with E-state index in [9.17, 15) is 14.4 Å². The molecule has 6 nitrogen and oxygen atoms in total. The van der Waals surface area contributed by atoms with Gasteiger partial charge in [0, 0.05) is 12.1 Å². The molecule has 0 bridgehead atoms. The molecule has 1 aromatic carbocycles. The summed E-state index contributed by atoms with van der Waals surface area (Å²) in [7, 11) is 0. The smallest absolute Gasteiger partial charge is 0.272 e. The fraction of sp³-hybridized carbons (Fsp3) is 0.250. The molecule has 1 aliphatic heterocycles. The summed E-state index contributed by atoms with van der Waals surface area (Å²) < 4.78 is 0. The molecule has 0 aliphatic carbocycles. The monoisotopic (exact) mass is 247 g/mol. The van der Waals surface area contributed by atoms with Crippen molar-refractivity contribution in [1.29, 1.82) is 0 Å². The van der Waals surface area contributed by atoms with Crippen LogP contribution in [0.4, 0.5) is 4.79 Å². The molecule has 18 heavy (non-hydrogen) atoms. The Hall–Kier alpha value is -2.37. The first kappa shape index (κ1) is 12.1. The Bertz CT molecular complexity index is 487. The van der Waals surface area contributed by atoms with Gasteiger partial charge in [-0.2, -0.15) is 0 Å². The standard InChI is InChI=1S/C12H13N3O3/c1-2-14-10(16)8-15(12(14)18)13-11(17)9-6-4-3-5-7-9/h3-7H,2,8H2,1H3,(H,13,17). The molecule has 1 heterocycles. The van der Waals surface area contributed by atoms with Gasteiger partial charge in [-0.1, -0.05) is 18.2 Å². The second kappa shape index (κ2) is 4.87. The Balaban J connectivity index is 2.05. The maximum Gasteiger partial charge on any atom is 0.345 e. The van der Waals surface area contributed by atoms with Gasteiger partial charge in [0.1, 0.15) is 6.54 Å². The molecular formula is C12H13N3O3. The maximum absolute atomic E-state index is 11.8. The summed E-state index contributed by atoms with van der Waals surface area (Å²) in [6, 6.07) is 8.02. The number of carbonyl (C=O) groups excluding carboxylic acids is 3. The molecule has 4 amide bonds. The molecule has 0 unspecified atom stereocenters. The van der Waals surface area contributed by atoms with Gasteiger partial charge in [-0.3, -0.25) is 19.9 Å². The van der Waals surface area contributed by atoms with E-state index in [4.69, 9.17) is 0 Å². The number of carbonyl (C=O) groups is 3. The second-order valence-electron chi connectivity index (χ2n) is 3.81. The number of hydrazine groups is 1. The summed E-state index contributed by atoms with van der Waals surface area (Å²) in [5.74, 6) is -0.717. The van der Waals surface area contributed by atoms with E-state index < -0.39 is 11.9 Å². The average Bonchev–Trinajstić information content (AvgIpc) is 2.65. The zero-order valence-corrected chi connectivity index (χ0v) is 9.92. The predicted octanol–water partition coefficient (Wildman–Crippen LogP) is 0.615. The molecule has 2 rings (SSSR count). The minimum absolute atomic E-state index is 0.120. The highest BCUT2D eigenvalue weighted by Gasteiger charge is 2.35. The van der Waals surface area contributed by atoms with Crippen molar-refractivity contribution in [3.05, 3.63) is 35.9 Å². The van der Waals surface area contributed by atoms with Gasteiger partial charge >= 0.3 is 6.03 Å². The average molecular weight is 247 g/mol. The van der Waals surface area contributed by atoms with E-state index in [0.717, 1.165) is 9.91 Å². The molecule has 1 fully saturated rings. The van der Waals surface area contributed by atoms with E-state index in [1.807, 2.05) is 0 Å². The highest BCUT2D eigenvalue weighted by Crippen LogP contribution is 2.08. The molecule has 0 saturated carbocycles. The Labute approximate surface area is 104 Å². The molecule has 0 atom stereocenters. The molecule has 94 valence electrons. The summed E-state index contributed by atoms with van der Waals surface area (Å²) in [5, 5.41) is 1.03. The number of hydrogen-bond donors (Lipinski definition) is 1. The molecule has 0 spiro atoms. The van der Waals surface area contributed by atoms with Crippen molar-refractivity contribution >= 4 is 17.8 Å². The Morgan fingerprint density at radius 2 is 1.94 bits per heavy atom. The fourth-order valence-corrected chi connectivity index (χ4v) is 1.72. The summed E-state index contributed by atoms with van der Waals surface area (Å²) in [6.45, 7) is 1.89. The molecule has 1 N–H and O–H groups in total. The van der Waals surface area contributed by atoms with Gasteiger partial charge in [0.25, 0.3) is 11.8 Å². The first-order chi connectivity index (χ1) is 8.63. The van der Waals surface area contributed by atoms with Crippen molar-refractivity contribution in [1.82, 2.24) is 15.3 Å². The largest absolute Gasteiger partial charge is 0.345 e. The Morgan fingerprint density at radius 1 is 1.28 bits per heavy atom. The summed E-state index contributed by atoms with van der Waals surface area (Å²) in [4.78, 5) is 36.1. The quantitative estimate of drug-likeness (QED) is 0.796. The molecule has 0 aromatic heterocycles. The molecule has 1 saturated heterocycles.